The maximum absolute atomic E-state index is 6.20. The van der Waals surface area contributed by atoms with Gasteiger partial charge in [-0.25, -0.2) is 0 Å². The summed E-state index contributed by atoms with van der Waals surface area (Å²) in [5.74, 6) is 0.776. The maximum atomic E-state index is 6.20. The van der Waals surface area contributed by atoms with Crippen LogP contribution in [0.1, 0.15) is 5.56 Å². The lowest BCUT2D eigenvalue weighted by Gasteiger charge is -2.11. The summed E-state index contributed by atoms with van der Waals surface area (Å²) in [6, 6.07) is 13.8. The lowest BCUT2D eigenvalue weighted by atomic mass is 10.1. The van der Waals surface area contributed by atoms with Gasteiger partial charge >= 0.3 is 0 Å². The first-order valence-corrected chi connectivity index (χ1v) is 7.05. The van der Waals surface area contributed by atoms with E-state index in [2.05, 4.69) is 22.4 Å². The van der Waals surface area contributed by atoms with Gasteiger partial charge in [-0.05, 0) is 23.1 Å². The molecule has 106 valence electrons. The Morgan fingerprint density at radius 3 is 2.86 bits per heavy atom. The average molecular weight is 299 g/mol. The van der Waals surface area contributed by atoms with E-state index in [-0.39, 0.29) is 0 Å². The molecule has 2 aromatic carbocycles. The smallest absolute Gasteiger partial charge is 0.121 e. The number of benzene rings is 2. The van der Waals surface area contributed by atoms with Crippen LogP contribution in [0.25, 0.3) is 10.8 Å². The summed E-state index contributed by atoms with van der Waals surface area (Å²) in [4.78, 5) is 4.28. The molecule has 0 aliphatic heterocycles. The van der Waals surface area contributed by atoms with Crippen LogP contribution in [0.2, 0.25) is 5.02 Å². The van der Waals surface area contributed by atoms with E-state index < -0.39 is 0 Å². The number of nitrogens with one attached hydrogen (secondary N) is 1. The van der Waals surface area contributed by atoms with E-state index in [4.69, 9.17) is 16.3 Å². The quantitative estimate of drug-likeness (QED) is 0.769. The third kappa shape index (κ3) is 2.93. The van der Waals surface area contributed by atoms with Gasteiger partial charge in [0.05, 0.1) is 17.8 Å². The van der Waals surface area contributed by atoms with Gasteiger partial charge in [0.15, 0.2) is 0 Å². The first-order chi connectivity index (χ1) is 10.3. The summed E-state index contributed by atoms with van der Waals surface area (Å²) in [6.45, 7) is 0.654. The number of rotatable bonds is 4. The molecule has 3 aromatic rings. The van der Waals surface area contributed by atoms with Gasteiger partial charge in [0.25, 0.3) is 0 Å². The molecule has 0 aliphatic carbocycles. The van der Waals surface area contributed by atoms with E-state index >= 15 is 0 Å². The van der Waals surface area contributed by atoms with E-state index in [1.165, 1.54) is 5.39 Å². The second-order valence-electron chi connectivity index (χ2n) is 4.72. The second-order valence-corrected chi connectivity index (χ2v) is 5.13. The van der Waals surface area contributed by atoms with Crippen molar-refractivity contribution in [2.75, 3.05) is 12.4 Å². The van der Waals surface area contributed by atoms with E-state index in [1.807, 2.05) is 42.7 Å². The minimum absolute atomic E-state index is 0.654. The van der Waals surface area contributed by atoms with Crippen molar-refractivity contribution in [3.8, 4) is 5.75 Å². The summed E-state index contributed by atoms with van der Waals surface area (Å²) in [7, 11) is 1.64. The first-order valence-electron chi connectivity index (χ1n) is 6.67. The zero-order chi connectivity index (χ0) is 14.7. The molecule has 1 N–H and O–H groups in total. The Morgan fingerprint density at radius 1 is 1.14 bits per heavy atom. The van der Waals surface area contributed by atoms with Crippen LogP contribution in [0.4, 0.5) is 5.69 Å². The number of ether oxygens (including phenoxy) is 1. The summed E-state index contributed by atoms with van der Waals surface area (Å²) in [6.07, 6.45) is 3.75. The summed E-state index contributed by atoms with van der Waals surface area (Å²) in [5.41, 5.74) is 1.98. The molecule has 4 heteroatoms. The van der Waals surface area contributed by atoms with Crippen molar-refractivity contribution in [1.82, 2.24) is 4.98 Å². The molecule has 3 rings (SSSR count). The van der Waals surface area contributed by atoms with Crippen LogP contribution >= 0.6 is 11.6 Å². The molecule has 0 saturated carbocycles. The van der Waals surface area contributed by atoms with Gasteiger partial charge in [0.1, 0.15) is 5.75 Å². The van der Waals surface area contributed by atoms with E-state index in [0.29, 0.717) is 11.6 Å². The van der Waals surface area contributed by atoms with Gasteiger partial charge < -0.3 is 10.1 Å². The fourth-order valence-electron chi connectivity index (χ4n) is 2.28. The molecule has 0 unspecified atom stereocenters. The van der Waals surface area contributed by atoms with Crippen LogP contribution in [0.15, 0.2) is 54.9 Å². The molecule has 0 amide bonds. The molecule has 1 heterocycles. The number of aromatic nitrogens is 1. The van der Waals surface area contributed by atoms with Gasteiger partial charge in [-0.1, -0.05) is 35.9 Å². The largest absolute Gasteiger partial charge is 0.497 e. The van der Waals surface area contributed by atoms with Gasteiger partial charge in [0.2, 0.25) is 0 Å². The molecule has 1 aromatic heterocycles. The Morgan fingerprint density at radius 2 is 2.00 bits per heavy atom. The van der Waals surface area contributed by atoms with Crippen molar-refractivity contribution in [3.05, 3.63) is 65.4 Å². The van der Waals surface area contributed by atoms with E-state index in [1.54, 1.807) is 7.11 Å². The fourth-order valence-corrected chi connectivity index (χ4v) is 2.46. The molecular weight excluding hydrogens is 284 g/mol. The van der Waals surface area contributed by atoms with Crippen molar-refractivity contribution in [1.29, 1.82) is 0 Å². The van der Waals surface area contributed by atoms with Gasteiger partial charge in [-0.2, -0.15) is 0 Å². The summed E-state index contributed by atoms with van der Waals surface area (Å²) < 4.78 is 5.22. The molecule has 0 atom stereocenters. The minimum Gasteiger partial charge on any atom is -0.497 e. The number of anilines is 1. The highest BCUT2D eigenvalue weighted by molar-refractivity contribution is 6.33. The van der Waals surface area contributed by atoms with Crippen LogP contribution in [0.3, 0.4) is 0 Å². The predicted molar refractivity (Wildman–Crippen MR) is 87.1 cm³/mol. The Kier molecular flexibility index (Phi) is 3.93. The standard InChI is InChI=1S/C17H15ClN2O/c1-21-14-6-7-16(18)17(8-14)20-11-13-10-19-9-12-4-2-3-5-15(12)13/h2-10,20H,11H2,1H3. The molecular formula is C17H15ClN2O. The molecule has 0 aliphatic rings. The average Bonchev–Trinajstić information content (AvgIpc) is 2.54. The molecule has 21 heavy (non-hydrogen) atoms. The third-order valence-corrected chi connectivity index (χ3v) is 3.72. The fraction of sp³-hybridized carbons (Fsp3) is 0.118. The molecule has 3 nitrogen and oxygen atoms in total. The predicted octanol–water partition coefficient (Wildman–Crippen LogP) is 4.51. The molecule has 0 fully saturated rings. The topological polar surface area (TPSA) is 34.1 Å². The van der Waals surface area contributed by atoms with Crippen molar-refractivity contribution in [2.24, 2.45) is 0 Å². The second kappa shape index (κ2) is 6.02. The highest BCUT2D eigenvalue weighted by atomic mass is 35.5. The number of methoxy groups -OCH3 is 1. The third-order valence-electron chi connectivity index (χ3n) is 3.39. The van der Waals surface area contributed by atoms with Crippen molar-refractivity contribution >= 4 is 28.1 Å². The molecule has 0 spiro atoms. The first kappa shape index (κ1) is 13.7. The lowest BCUT2D eigenvalue weighted by molar-refractivity contribution is 0.415. The van der Waals surface area contributed by atoms with Crippen LogP contribution in [-0.4, -0.2) is 12.1 Å². The normalized spacial score (nSPS) is 10.6. The van der Waals surface area contributed by atoms with Crippen LogP contribution in [0.5, 0.6) is 5.75 Å². The number of fused-ring (bicyclic) bond motifs is 1. The molecule has 0 radical (unpaired) electrons. The van der Waals surface area contributed by atoms with Crippen molar-refractivity contribution in [3.63, 3.8) is 0 Å². The monoisotopic (exact) mass is 298 g/mol. The molecule has 0 bridgehead atoms. The van der Waals surface area contributed by atoms with Gasteiger partial charge in [-0.3, -0.25) is 4.98 Å². The Labute approximate surface area is 128 Å². The number of hydrogen-bond acceptors (Lipinski definition) is 3. The van der Waals surface area contributed by atoms with Crippen LogP contribution in [-0.2, 0) is 6.54 Å². The zero-order valence-corrected chi connectivity index (χ0v) is 12.4. The minimum atomic E-state index is 0.654. The Balaban J connectivity index is 1.87. The number of halogens is 1. The highest BCUT2D eigenvalue weighted by Crippen LogP contribution is 2.27. The SMILES string of the molecule is COc1ccc(Cl)c(NCc2cncc3ccccc23)c1. The number of pyridine rings is 1. The van der Waals surface area contributed by atoms with Crippen LogP contribution < -0.4 is 10.1 Å². The van der Waals surface area contributed by atoms with Crippen LogP contribution in [0, 0.1) is 0 Å². The van der Waals surface area contributed by atoms with E-state index in [9.17, 15) is 0 Å². The van der Waals surface area contributed by atoms with E-state index in [0.717, 1.165) is 22.4 Å². The summed E-state index contributed by atoms with van der Waals surface area (Å²) >= 11 is 6.20. The Hall–Kier alpha value is -2.26. The van der Waals surface area contributed by atoms with Crippen molar-refractivity contribution in [2.45, 2.75) is 6.54 Å². The van der Waals surface area contributed by atoms with Crippen molar-refractivity contribution < 1.29 is 4.74 Å². The lowest BCUT2D eigenvalue weighted by Crippen LogP contribution is -2.01. The summed E-state index contributed by atoms with van der Waals surface area (Å²) in [5, 5.41) is 6.34. The number of nitrogens with zero attached hydrogens (tertiary/aromatic N) is 1. The highest BCUT2D eigenvalue weighted by Gasteiger charge is 2.05. The van der Waals surface area contributed by atoms with Gasteiger partial charge in [0, 0.05) is 30.4 Å². The zero-order valence-electron chi connectivity index (χ0n) is 11.6. The molecule has 0 saturated heterocycles. The maximum Gasteiger partial charge on any atom is 0.121 e. The van der Waals surface area contributed by atoms with Gasteiger partial charge in [-0.15, -0.1) is 0 Å². The number of hydrogen-bond donors (Lipinski definition) is 1. The Bertz CT molecular complexity index is 768.